The molecule has 8 heterocycles. The quantitative estimate of drug-likeness (QED) is 0.179. The first-order valence-electron chi connectivity index (χ1n) is 20.4. The van der Waals surface area contributed by atoms with Crippen LogP contribution in [-0.4, -0.2) is 95.4 Å². The van der Waals surface area contributed by atoms with Crippen molar-refractivity contribution in [2.45, 2.75) is 19.6 Å². The summed E-state index contributed by atoms with van der Waals surface area (Å²) in [5, 5.41) is 25.8. The van der Waals surface area contributed by atoms with E-state index < -0.39 is 11.9 Å². The number of carbonyl (C=O) groups excluding carboxylic acids is 2. The van der Waals surface area contributed by atoms with Crippen molar-refractivity contribution in [3.8, 4) is 39.9 Å². The summed E-state index contributed by atoms with van der Waals surface area (Å²) in [4.78, 5) is 35.9. The number of aromatic nitrogens is 10. The van der Waals surface area contributed by atoms with E-state index >= 15 is 0 Å². The maximum Gasteiger partial charge on any atom is 0.338 e. The Kier molecular flexibility index (Phi) is 10.6. The van der Waals surface area contributed by atoms with Crippen molar-refractivity contribution in [3.63, 3.8) is 0 Å². The smallest absolute Gasteiger partial charge is 0.338 e. The summed E-state index contributed by atoms with van der Waals surface area (Å²) in [6, 6.07) is 14.1. The number of fused-ring (bicyclic) bond motifs is 8. The molecule has 18 nitrogen and oxygen atoms in total. The van der Waals surface area contributed by atoms with E-state index in [1.807, 2.05) is 50.5 Å². The number of aryl methyl sites for hydroxylation is 2. The van der Waals surface area contributed by atoms with Crippen molar-refractivity contribution in [2.75, 3.05) is 33.5 Å². The summed E-state index contributed by atoms with van der Waals surface area (Å²) < 4.78 is 38.9. The molecule has 0 atom stereocenters. The number of hydrogen-bond donors (Lipinski definition) is 2. The van der Waals surface area contributed by atoms with Gasteiger partial charge in [-0.2, -0.15) is 20.4 Å². The molecule has 0 aliphatic carbocycles. The van der Waals surface area contributed by atoms with Gasteiger partial charge in [0.2, 0.25) is 5.88 Å². The molecule has 0 fully saturated rings. The van der Waals surface area contributed by atoms with E-state index in [0.29, 0.717) is 93.3 Å². The molecular formula is C46H40N10O8. The number of methoxy groups -OCH3 is 1. The zero-order valence-corrected chi connectivity index (χ0v) is 35.0. The molecule has 64 heavy (non-hydrogen) atoms. The Morgan fingerprint density at radius 1 is 0.719 bits per heavy atom. The number of carbonyl (C=O) groups is 2. The molecule has 18 heteroatoms. The summed E-state index contributed by atoms with van der Waals surface area (Å²) in [7, 11) is 4.99. The average molecular weight is 861 g/mol. The van der Waals surface area contributed by atoms with Crippen LogP contribution in [-0.2, 0) is 41.5 Å². The van der Waals surface area contributed by atoms with E-state index in [1.54, 1.807) is 64.4 Å². The van der Waals surface area contributed by atoms with Gasteiger partial charge in [-0.05, 0) is 66.8 Å². The first-order chi connectivity index (χ1) is 31.3. The maximum atomic E-state index is 13.9. The van der Waals surface area contributed by atoms with Gasteiger partial charge in [0.15, 0.2) is 0 Å². The molecular weight excluding hydrogens is 821 g/mol. The molecule has 0 amide bonds. The fourth-order valence-electron chi connectivity index (χ4n) is 7.63. The van der Waals surface area contributed by atoms with Crippen LogP contribution in [0.5, 0.6) is 17.4 Å². The SMILES string of the molecule is COC(=O)c1ccc2c(c1)OCCOCc1c(cnn1C)-c1cc3c(n[nH]c3c(COC(=O)c3ccc4c(c3)/C=C/c3n[nH]c5cnc(cc35)-c3cnn(C)c3OCCCO4)n1)/C=C/2. The number of aromatic amines is 2. The van der Waals surface area contributed by atoms with Crippen LogP contribution in [0.2, 0.25) is 0 Å². The number of H-pyrrole nitrogens is 2. The van der Waals surface area contributed by atoms with Crippen molar-refractivity contribution in [1.29, 1.82) is 0 Å². The van der Waals surface area contributed by atoms with Gasteiger partial charge >= 0.3 is 11.9 Å². The van der Waals surface area contributed by atoms with E-state index in [9.17, 15) is 9.59 Å². The van der Waals surface area contributed by atoms with Crippen LogP contribution in [0, 0.1) is 0 Å². The van der Waals surface area contributed by atoms with Gasteiger partial charge in [0.1, 0.15) is 30.4 Å². The van der Waals surface area contributed by atoms with E-state index in [-0.39, 0.29) is 26.4 Å². The van der Waals surface area contributed by atoms with Gasteiger partial charge < -0.3 is 28.4 Å². The number of benzene rings is 2. The Balaban J connectivity index is 0.967. The molecule has 2 aliphatic heterocycles. The molecule has 0 unspecified atom stereocenters. The van der Waals surface area contributed by atoms with Crippen molar-refractivity contribution in [1.82, 2.24) is 49.9 Å². The molecule has 10 rings (SSSR count). The number of hydrogen-bond acceptors (Lipinski definition) is 14. The summed E-state index contributed by atoms with van der Waals surface area (Å²) in [6.07, 6.45) is 13.2. The number of esters is 2. The van der Waals surface area contributed by atoms with Gasteiger partial charge in [0, 0.05) is 48.0 Å². The van der Waals surface area contributed by atoms with Crippen molar-refractivity contribution in [3.05, 3.63) is 112 Å². The summed E-state index contributed by atoms with van der Waals surface area (Å²) in [5.41, 5.74) is 8.69. The largest absolute Gasteiger partial charge is 0.493 e. The highest BCUT2D eigenvalue weighted by atomic mass is 16.5. The van der Waals surface area contributed by atoms with E-state index in [2.05, 4.69) is 35.6 Å². The van der Waals surface area contributed by atoms with Crippen LogP contribution in [0.25, 0.3) is 68.6 Å². The Hall–Kier alpha value is -8.12. The Morgan fingerprint density at radius 3 is 2.36 bits per heavy atom. The second-order valence-electron chi connectivity index (χ2n) is 15.0. The van der Waals surface area contributed by atoms with Gasteiger partial charge in [-0.3, -0.25) is 19.9 Å². The molecule has 0 saturated carbocycles. The minimum absolute atomic E-state index is 0.176. The molecule has 2 N–H and O–H groups in total. The zero-order valence-electron chi connectivity index (χ0n) is 35.0. The lowest BCUT2D eigenvalue weighted by molar-refractivity contribution is 0.0469. The highest BCUT2D eigenvalue weighted by molar-refractivity contribution is 5.96. The summed E-state index contributed by atoms with van der Waals surface area (Å²) in [6.45, 7) is 1.27. The molecule has 0 radical (unpaired) electrons. The number of nitrogens with one attached hydrogen (secondary N) is 2. The van der Waals surface area contributed by atoms with E-state index in [4.69, 9.17) is 33.4 Å². The average Bonchev–Trinajstić information content (AvgIpc) is 4.11. The van der Waals surface area contributed by atoms with Crippen molar-refractivity contribution in [2.24, 2.45) is 14.1 Å². The van der Waals surface area contributed by atoms with Gasteiger partial charge in [-0.15, -0.1) is 0 Å². The molecule has 6 aromatic heterocycles. The van der Waals surface area contributed by atoms with Crippen LogP contribution >= 0.6 is 0 Å². The monoisotopic (exact) mass is 860 g/mol. The van der Waals surface area contributed by atoms with Gasteiger partial charge in [-0.1, -0.05) is 6.07 Å². The maximum absolute atomic E-state index is 13.9. The summed E-state index contributed by atoms with van der Waals surface area (Å²) >= 11 is 0. The van der Waals surface area contributed by atoms with Crippen LogP contribution in [0.15, 0.2) is 67.1 Å². The highest BCUT2D eigenvalue weighted by Crippen LogP contribution is 2.34. The predicted molar refractivity (Wildman–Crippen MR) is 234 cm³/mol. The molecule has 4 bridgehead atoms. The molecule has 2 aliphatic rings. The van der Waals surface area contributed by atoms with Gasteiger partial charge in [0.05, 0.1) is 108 Å². The number of pyridine rings is 2. The van der Waals surface area contributed by atoms with E-state index in [1.165, 1.54) is 7.11 Å². The topological polar surface area (TPSA) is 208 Å². The summed E-state index contributed by atoms with van der Waals surface area (Å²) in [5.74, 6) is 0.617. The first-order valence-corrected chi connectivity index (χ1v) is 20.4. The van der Waals surface area contributed by atoms with Gasteiger partial charge in [0.25, 0.3) is 0 Å². The number of rotatable bonds is 4. The molecule has 322 valence electrons. The number of ether oxygens (including phenoxy) is 6. The van der Waals surface area contributed by atoms with Crippen LogP contribution < -0.4 is 14.2 Å². The Labute approximate surface area is 364 Å². The molecule has 0 saturated heterocycles. The first kappa shape index (κ1) is 40.0. The third-order valence-corrected chi connectivity index (χ3v) is 11.0. The molecule has 2 aromatic carbocycles. The van der Waals surface area contributed by atoms with Crippen LogP contribution in [0.1, 0.15) is 61.0 Å². The zero-order chi connectivity index (χ0) is 43.7. The highest BCUT2D eigenvalue weighted by Gasteiger charge is 2.21. The normalized spacial score (nSPS) is 14.9. The third kappa shape index (κ3) is 7.70. The minimum Gasteiger partial charge on any atom is -0.493 e. The van der Waals surface area contributed by atoms with E-state index in [0.717, 1.165) is 33.1 Å². The number of nitrogens with zero attached hydrogens (tertiary/aromatic N) is 8. The van der Waals surface area contributed by atoms with Crippen molar-refractivity contribution >= 4 is 58.0 Å². The molecule has 8 aromatic rings. The standard InChI is InChI=1S/C46H40N10O8/c1-55-40-25-60-15-16-62-42-18-29(45(57)59-3)6-5-26(42)7-10-35-31-20-37(32(40)21-48-55)50-39(43(31)54-52-35)24-64-46(58)28-9-12-41-27(17-28)8-11-34-30-19-36(47-23-38(30)53-51-34)33-22-49-56(2)44(33)63-14-4-13-61-41/h5-12,17-23H,4,13-16,24-25H2,1-3H3,(H,51,53)(H,52,54)/b10-7+,11-8+. The Morgan fingerprint density at radius 2 is 1.47 bits per heavy atom. The van der Waals surface area contributed by atoms with Crippen LogP contribution in [0.4, 0.5) is 0 Å². The van der Waals surface area contributed by atoms with Crippen molar-refractivity contribution < 1.29 is 38.0 Å². The van der Waals surface area contributed by atoms with Gasteiger partial charge in [-0.25, -0.2) is 19.3 Å². The second-order valence-corrected chi connectivity index (χ2v) is 15.0. The molecule has 0 spiro atoms. The fraction of sp³-hybridized carbons (Fsp3) is 0.217. The predicted octanol–water partition coefficient (Wildman–Crippen LogP) is 6.58. The van der Waals surface area contributed by atoms with Crippen LogP contribution in [0.3, 0.4) is 0 Å². The lowest BCUT2D eigenvalue weighted by atomic mass is 10.1. The second kappa shape index (κ2) is 17.0. The Bertz CT molecular complexity index is 3160. The minimum atomic E-state index is -0.565. The lowest BCUT2D eigenvalue weighted by Crippen LogP contribution is -2.11. The fourth-order valence-corrected chi connectivity index (χ4v) is 7.63. The lowest BCUT2D eigenvalue weighted by Gasteiger charge is -2.13. The third-order valence-electron chi connectivity index (χ3n) is 11.0.